The van der Waals surface area contributed by atoms with E-state index >= 15 is 0 Å². The smallest absolute Gasteiger partial charge is 0.338 e. The van der Waals surface area contributed by atoms with Crippen molar-refractivity contribution in [2.45, 2.75) is 12.2 Å². The molecule has 1 aliphatic rings. The van der Waals surface area contributed by atoms with E-state index in [2.05, 4.69) is 4.74 Å². The Labute approximate surface area is 86.6 Å². The van der Waals surface area contributed by atoms with Crippen molar-refractivity contribution in [2.75, 3.05) is 7.11 Å². The predicted molar refractivity (Wildman–Crippen MR) is 51.1 cm³/mol. The topological polar surface area (TPSA) is 38.8 Å². The summed E-state index contributed by atoms with van der Waals surface area (Å²) in [7, 11) is 1.34. The van der Waals surface area contributed by atoms with Crippen LogP contribution in [0.4, 0.5) is 0 Å². The minimum absolute atomic E-state index is 0.240. The average Bonchev–Trinajstić information content (AvgIpc) is 2.97. The molecule has 74 valence electrons. The number of hydrogen-bond donors (Lipinski definition) is 0. The summed E-state index contributed by atoms with van der Waals surface area (Å²) in [6.45, 7) is 0. The Morgan fingerprint density at radius 2 is 2.21 bits per heavy atom. The second-order valence-corrected chi connectivity index (χ2v) is 3.43. The van der Waals surface area contributed by atoms with Crippen LogP contribution >= 0.6 is 11.6 Å². The van der Waals surface area contributed by atoms with E-state index in [-0.39, 0.29) is 12.1 Å². The number of carbonyl (C=O) groups is 1. The Balaban J connectivity index is 2.13. The van der Waals surface area contributed by atoms with Gasteiger partial charge in [-0.15, -0.1) is 0 Å². The monoisotopic (exact) mass is 212 g/mol. The van der Waals surface area contributed by atoms with Crippen molar-refractivity contribution >= 4 is 17.6 Å². The summed E-state index contributed by atoms with van der Waals surface area (Å²) in [6.07, 6.45) is -0.726. The van der Waals surface area contributed by atoms with Gasteiger partial charge in [-0.3, -0.25) is 0 Å². The molecule has 0 saturated carbocycles. The van der Waals surface area contributed by atoms with E-state index in [0.29, 0.717) is 5.02 Å². The molecule has 0 bridgehead atoms. The highest BCUT2D eigenvalue weighted by atomic mass is 35.5. The van der Waals surface area contributed by atoms with Crippen molar-refractivity contribution in [1.82, 2.24) is 0 Å². The van der Waals surface area contributed by atoms with Crippen LogP contribution < -0.4 is 0 Å². The maximum atomic E-state index is 11.1. The molecular formula is C10H9ClO3. The molecule has 2 rings (SSSR count). The Morgan fingerprint density at radius 3 is 2.86 bits per heavy atom. The lowest BCUT2D eigenvalue weighted by Gasteiger charge is -1.98. The second-order valence-electron chi connectivity index (χ2n) is 3.02. The average molecular weight is 213 g/mol. The molecular weight excluding hydrogens is 204 g/mol. The number of esters is 1. The van der Waals surface area contributed by atoms with E-state index in [4.69, 9.17) is 16.3 Å². The maximum absolute atomic E-state index is 11.1. The molecule has 14 heavy (non-hydrogen) atoms. The molecule has 1 heterocycles. The van der Waals surface area contributed by atoms with Crippen molar-refractivity contribution in [3.8, 4) is 0 Å². The van der Waals surface area contributed by atoms with E-state index in [1.165, 1.54) is 7.11 Å². The van der Waals surface area contributed by atoms with Crippen LogP contribution in [0, 0.1) is 0 Å². The van der Waals surface area contributed by atoms with Gasteiger partial charge in [-0.05, 0) is 6.07 Å². The van der Waals surface area contributed by atoms with E-state index < -0.39 is 6.10 Å². The Hall–Kier alpha value is -1.06. The zero-order chi connectivity index (χ0) is 10.1. The zero-order valence-corrected chi connectivity index (χ0v) is 8.32. The van der Waals surface area contributed by atoms with Gasteiger partial charge in [-0.25, -0.2) is 4.79 Å². The molecule has 1 fully saturated rings. The van der Waals surface area contributed by atoms with Crippen LogP contribution in [-0.2, 0) is 14.3 Å². The summed E-state index contributed by atoms with van der Waals surface area (Å²) < 4.78 is 9.74. The first-order valence-corrected chi connectivity index (χ1v) is 4.59. The minimum atomic E-state index is -0.486. The summed E-state index contributed by atoms with van der Waals surface area (Å²) in [5, 5.41) is 0.615. The lowest BCUT2D eigenvalue weighted by Crippen LogP contribution is -2.09. The first-order chi connectivity index (χ1) is 6.74. The molecule has 3 nitrogen and oxygen atoms in total. The van der Waals surface area contributed by atoms with Gasteiger partial charge >= 0.3 is 5.97 Å². The molecule has 0 radical (unpaired) electrons. The number of methoxy groups -OCH3 is 1. The van der Waals surface area contributed by atoms with Gasteiger partial charge in [0.2, 0.25) is 0 Å². The first-order valence-electron chi connectivity index (χ1n) is 4.21. The van der Waals surface area contributed by atoms with Crippen LogP contribution in [0.2, 0.25) is 5.02 Å². The normalized spacial score (nSPS) is 24.4. The molecule has 0 unspecified atom stereocenters. The highest BCUT2D eigenvalue weighted by Gasteiger charge is 2.47. The fraction of sp³-hybridized carbons (Fsp3) is 0.300. The van der Waals surface area contributed by atoms with Crippen LogP contribution in [0.5, 0.6) is 0 Å². The lowest BCUT2D eigenvalue weighted by atomic mass is 10.1. The molecule has 0 N–H and O–H groups in total. The number of hydrogen-bond acceptors (Lipinski definition) is 3. The summed E-state index contributed by atoms with van der Waals surface area (Å²) >= 11 is 5.94. The van der Waals surface area contributed by atoms with E-state index in [1.807, 2.05) is 18.2 Å². The number of carbonyl (C=O) groups excluding carboxylic acids is 1. The van der Waals surface area contributed by atoms with Crippen LogP contribution in [0.25, 0.3) is 0 Å². The molecule has 1 aromatic carbocycles. The molecule has 1 aliphatic heterocycles. The van der Waals surface area contributed by atoms with Gasteiger partial charge < -0.3 is 9.47 Å². The fourth-order valence-corrected chi connectivity index (χ4v) is 1.59. The molecule has 1 saturated heterocycles. The van der Waals surface area contributed by atoms with Crippen LogP contribution in [0.15, 0.2) is 24.3 Å². The molecule has 1 aromatic rings. The largest absolute Gasteiger partial charge is 0.467 e. The lowest BCUT2D eigenvalue weighted by molar-refractivity contribution is -0.142. The minimum Gasteiger partial charge on any atom is -0.467 e. The van der Waals surface area contributed by atoms with E-state index in [0.717, 1.165) is 5.56 Å². The molecule has 4 heteroatoms. The quantitative estimate of drug-likeness (QED) is 0.556. The summed E-state index contributed by atoms with van der Waals surface area (Å²) in [6, 6.07) is 7.31. The van der Waals surface area contributed by atoms with Crippen molar-refractivity contribution in [1.29, 1.82) is 0 Å². The number of benzene rings is 1. The summed E-state index contributed by atoms with van der Waals surface area (Å²) in [5.41, 5.74) is 0.838. The molecule has 0 aliphatic carbocycles. The SMILES string of the molecule is COC(=O)[C@@H]1O[C@H]1c1ccccc1Cl. The van der Waals surface area contributed by atoms with Gasteiger partial charge in [0.1, 0.15) is 6.10 Å². The van der Waals surface area contributed by atoms with Crippen LogP contribution in [0.3, 0.4) is 0 Å². The molecule has 0 spiro atoms. The third-order valence-corrected chi connectivity index (χ3v) is 2.48. The third kappa shape index (κ3) is 1.61. The number of epoxide rings is 1. The Morgan fingerprint density at radius 1 is 1.50 bits per heavy atom. The predicted octanol–water partition coefficient (Wildman–Crippen LogP) is 1.95. The number of halogens is 1. The number of ether oxygens (including phenoxy) is 2. The highest BCUT2D eigenvalue weighted by Crippen LogP contribution is 2.42. The Bertz CT molecular complexity index is 364. The number of rotatable bonds is 2. The Kier molecular flexibility index (Phi) is 2.44. The van der Waals surface area contributed by atoms with Gasteiger partial charge in [0.05, 0.1) is 7.11 Å². The molecule has 0 amide bonds. The van der Waals surface area contributed by atoms with Gasteiger partial charge in [-0.2, -0.15) is 0 Å². The van der Waals surface area contributed by atoms with Crippen LogP contribution in [0.1, 0.15) is 11.7 Å². The molecule has 0 aromatic heterocycles. The van der Waals surface area contributed by atoms with E-state index in [1.54, 1.807) is 6.07 Å². The third-order valence-electron chi connectivity index (χ3n) is 2.14. The van der Waals surface area contributed by atoms with Crippen LogP contribution in [-0.4, -0.2) is 19.2 Å². The van der Waals surface area contributed by atoms with Crippen molar-refractivity contribution in [3.63, 3.8) is 0 Å². The van der Waals surface area contributed by atoms with Gasteiger partial charge in [0.25, 0.3) is 0 Å². The van der Waals surface area contributed by atoms with Crippen molar-refractivity contribution < 1.29 is 14.3 Å². The summed E-state index contributed by atoms with van der Waals surface area (Å²) in [4.78, 5) is 11.1. The fourth-order valence-electron chi connectivity index (χ4n) is 1.35. The van der Waals surface area contributed by atoms with Gasteiger partial charge in [0, 0.05) is 10.6 Å². The van der Waals surface area contributed by atoms with Crippen molar-refractivity contribution in [2.24, 2.45) is 0 Å². The second kappa shape index (κ2) is 3.59. The van der Waals surface area contributed by atoms with Gasteiger partial charge in [-0.1, -0.05) is 29.8 Å². The van der Waals surface area contributed by atoms with Gasteiger partial charge in [0.15, 0.2) is 6.10 Å². The molecule has 2 atom stereocenters. The van der Waals surface area contributed by atoms with E-state index in [9.17, 15) is 4.79 Å². The van der Waals surface area contributed by atoms with Crippen molar-refractivity contribution in [3.05, 3.63) is 34.9 Å². The highest BCUT2D eigenvalue weighted by molar-refractivity contribution is 6.31. The summed E-state index contributed by atoms with van der Waals surface area (Å²) in [5.74, 6) is -0.352. The zero-order valence-electron chi connectivity index (χ0n) is 7.57. The maximum Gasteiger partial charge on any atom is 0.338 e. The standard InChI is InChI=1S/C10H9ClO3/c1-13-10(12)9-8(14-9)6-4-2-3-5-7(6)11/h2-5,8-9H,1H3/t8-,9+/m0/s1. The first kappa shape index (κ1) is 9.49.